The second-order valence-electron chi connectivity index (χ2n) is 6.70. The zero-order valence-corrected chi connectivity index (χ0v) is 15.4. The van der Waals surface area contributed by atoms with Gasteiger partial charge in [-0.25, -0.2) is 9.97 Å². The van der Waals surface area contributed by atoms with Crippen molar-refractivity contribution in [3.63, 3.8) is 0 Å². The SMILES string of the molecule is CCc1cnc(OC2CCN(Cc3ccc(NC(C)=O)cc3)CC2)nc1. The molecule has 0 atom stereocenters. The Morgan fingerprint density at radius 1 is 1.15 bits per heavy atom. The molecule has 6 nitrogen and oxygen atoms in total. The average Bonchev–Trinajstić information content (AvgIpc) is 2.65. The lowest BCUT2D eigenvalue weighted by molar-refractivity contribution is -0.114. The Labute approximate surface area is 154 Å². The molecule has 1 saturated heterocycles. The Bertz CT molecular complexity index is 708. The van der Waals surface area contributed by atoms with Crippen molar-refractivity contribution < 1.29 is 9.53 Å². The Morgan fingerprint density at radius 2 is 1.81 bits per heavy atom. The molecule has 0 aliphatic carbocycles. The van der Waals surface area contributed by atoms with Crippen molar-refractivity contribution in [3.8, 4) is 6.01 Å². The van der Waals surface area contributed by atoms with Crippen molar-refractivity contribution in [2.24, 2.45) is 0 Å². The lowest BCUT2D eigenvalue weighted by Gasteiger charge is -2.31. The molecular formula is C20H26N4O2. The van der Waals surface area contributed by atoms with Crippen LogP contribution in [0, 0.1) is 0 Å². The minimum absolute atomic E-state index is 0.0480. The molecule has 1 aliphatic heterocycles. The molecule has 1 amide bonds. The predicted molar refractivity (Wildman–Crippen MR) is 101 cm³/mol. The van der Waals surface area contributed by atoms with Gasteiger partial charge in [0, 0.05) is 44.6 Å². The standard InChI is InChI=1S/C20H26N4O2/c1-3-16-12-21-20(22-13-16)26-19-8-10-24(11-9-19)14-17-4-6-18(7-5-17)23-15(2)25/h4-7,12-13,19H,3,8-11,14H2,1-2H3,(H,23,25). The number of carbonyl (C=O) groups is 1. The number of rotatable bonds is 6. The summed E-state index contributed by atoms with van der Waals surface area (Å²) in [6, 6.07) is 8.51. The number of ether oxygens (including phenoxy) is 1. The van der Waals surface area contributed by atoms with Crippen LogP contribution in [0.5, 0.6) is 6.01 Å². The maximum atomic E-state index is 11.1. The quantitative estimate of drug-likeness (QED) is 0.864. The van der Waals surface area contributed by atoms with Crippen LogP contribution in [0.4, 0.5) is 5.69 Å². The minimum Gasteiger partial charge on any atom is -0.460 e. The van der Waals surface area contributed by atoms with Gasteiger partial charge in [-0.15, -0.1) is 0 Å². The van der Waals surface area contributed by atoms with Gasteiger partial charge in [0.15, 0.2) is 0 Å². The molecule has 0 unspecified atom stereocenters. The molecule has 2 aromatic rings. The summed E-state index contributed by atoms with van der Waals surface area (Å²) in [5.74, 6) is -0.0480. The Hall–Kier alpha value is -2.47. The van der Waals surface area contributed by atoms with E-state index in [9.17, 15) is 4.79 Å². The second kappa shape index (κ2) is 8.76. The number of amides is 1. The Balaban J connectivity index is 1.45. The summed E-state index contributed by atoms with van der Waals surface area (Å²) in [7, 11) is 0. The van der Waals surface area contributed by atoms with Gasteiger partial charge in [-0.2, -0.15) is 0 Å². The third-order valence-electron chi connectivity index (χ3n) is 4.58. The highest BCUT2D eigenvalue weighted by atomic mass is 16.5. The normalized spacial score (nSPS) is 15.6. The van der Waals surface area contributed by atoms with Gasteiger partial charge >= 0.3 is 6.01 Å². The molecule has 0 saturated carbocycles. The van der Waals surface area contributed by atoms with Crippen molar-refractivity contribution in [2.45, 2.75) is 45.8 Å². The van der Waals surface area contributed by atoms with Crippen LogP contribution in [0.3, 0.4) is 0 Å². The molecule has 1 N–H and O–H groups in total. The first-order valence-corrected chi connectivity index (χ1v) is 9.19. The number of aryl methyl sites for hydroxylation is 1. The summed E-state index contributed by atoms with van der Waals surface area (Å²) in [4.78, 5) is 22.1. The van der Waals surface area contributed by atoms with Gasteiger partial charge < -0.3 is 10.1 Å². The van der Waals surface area contributed by atoms with Crippen LogP contribution in [0.1, 0.15) is 37.8 Å². The van der Waals surface area contributed by atoms with Crippen molar-refractivity contribution >= 4 is 11.6 Å². The lowest BCUT2D eigenvalue weighted by atomic mass is 10.1. The highest BCUT2D eigenvalue weighted by Gasteiger charge is 2.21. The minimum atomic E-state index is -0.0480. The third-order valence-corrected chi connectivity index (χ3v) is 4.58. The molecule has 2 heterocycles. The molecule has 1 aromatic heterocycles. The molecule has 3 rings (SSSR count). The van der Waals surface area contributed by atoms with Crippen LogP contribution in [0.25, 0.3) is 0 Å². The number of aromatic nitrogens is 2. The smallest absolute Gasteiger partial charge is 0.316 e. The molecule has 0 spiro atoms. The van der Waals surface area contributed by atoms with Gasteiger partial charge in [-0.3, -0.25) is 9.69 Å². The highest BCUT2D eigenvalue weighted by Crippen LogP contribution is 2.18. The monoisotopic (exact) mass is 354 g/mol. The lowest BCUT2D eigenvalue weighted by Crippen LogP contribution is -2.38. The van der Waals surface area contributed by atoms with Gasteiger partial charge in [0.25, 0.3) is 0 Å². The average molecular weight is 354 g/mol. The van der Waals surface area contributed by atoms with Gasteiger partial charge in [0.1, 0.15) is 6.10 Å². The van der Waals surface area contributed by atoms with Crippen molar-refractivity contribution in [1.29, 1.82) is 0 Å². The number of piperidine rings is 1. The fraction of sp³-hybridized carbons (Fsp3) is 0.450. The van der Waals surface area contributed by atoms with E-state index in [0.29, 0.717) is 6.01 Å². The highest BCUT2D eigenvalue weighted by molar-refractivity contribution is 5.88. The van der Waals surface area contributed by atoms with Crippen LogP contribution in [-0.2, 0) is 17.8 Å². The molecular weight excluding hydrogens is 328 g/mol. The number of likely N-dealkylation sites (tertiary alicyclic amines) is 1. The molecule has 0 radical (unpaired) electrons. The van der Waals surface area contributed by atoms with E-state index in [-0.39, 0.29) is 12.0 Å². The number of nitrogens with one attached hydrogen (secondary N) is 1. The maximum absolute atomic E-state index is 11.1. The van der Waals surface area contributed by atoms with Crippen molar-refractivity contribution in [2.75, 3.05) is 18.4 Å². The first-order chi connectivity index (χ1) is 12.6. The Kier molecular flexibility index (Phi) is 6.17. The largest absolute Gasteiger partial charge is 0.460 e. The van der Waals surface area contributed by atoms with Crippen molar-refractivity contribution in [3.05, 3.63) is 47.8 Å². The number of anilines is 1. The van der Waals surface area contributed by atoms with Gasteiger partial charge in [0.05, 0.1) is 0 Å². The molecule has 1 aromatic carbocycles. The predicted octanol–water partition coefficient (Wildman–Crippen LogP) is 3.04. The summed E-state index contributed by atoms with van der Waals surface area (Å²) in [6.07, 6.45) is 6.74. The number of carbonyl (C=O) groups excluding carboxylic acids is 1. The zero-order valence-electron chi connectivity index (χ0n) is 15.4. The molecule has 0 bridgehead atoms. The molecule has 6 heteroatoms. The fourth-order valence-corrected chi connectivity index (χ4v) is 3.08. The molecule has 1 fully saturated rings. The van der Waals surface area contributed by atoms with E-state index in [1.54, 1.807) is 0 Å². The van der Waals surface area contributed by atoms with Crippen LogP contribution >= 0.6 is 0 Å². The number of benzene rings is 1. The van der Waals surface area contributed by atoms with Gasteiger partial charge in [-0.05, 0) is 42.5 Å². The topological polar surface area (TPSA) is 67.3 Å². The fourth-order valence-electron chi connectivity index (χ4n) is 3.08. The summed E-state index contributed by atoms with van der Waals surface area (Å²) in [6.45, 7) is 6.50. The summed E-state index contributed by atoms with van der Waals surface area (Å²) in [5, 5.41) is 2.79. The zero-order chi connectivity index (χ0) is 18.4. The maximum Gasteiger partial charge on any atom is 0.316 e. The van der Waals surface area contributed by atoms with Crippen LogP contribution in [0.15, 0.2) is 36.7 Å². The van der Waals surface area contributed by atoms with E-state index < -0.39 is 0 Å². The van der Waals surface area contributed by atoms with E-state index in [2.05, 4.69) is 39.2 Å². The van der Waals surface area contributed by atoms with Crippen LogP contribution in [0.2, 0.25) is 0 Å². The first kappa shape index (κ1) is 18.3. The van der Waals surface area contributed by atoms with Crippen LogP contribution in [-0.4, -0.2) is 40.0 Å². The number of hydrogen-bond donors (Lipinski definition) is 1. The summed E-state index contributed by atoms with van der Waals surface area (Å²) in [5.41, 5.74) is 3.20. The van der Waals surface area contributed by atoms with Gasteiger partial charge in [0.2, 0.25) is 5.91 Å². The number of nitrogens with zero attached hydrogens (tertiary/aromatic N) is 3. The first-order valence-electron chi connectivity index (χ1n) is 9.19. The van der Waals surface area contributed by atoms with Crippen molar-refractivity contribution in [1.82, 2.24) is 14.9 Å². The summed E-state index contributed by atoms with van der Waals surface area (Å²) < 4.78 is 5.92. The Morgan fingerprint density at radius 3 is 2.38 bits per heavy atom. The van der Waals surface area contributed by atoms with E-state index >= 15 is 0 Å². The van der Waals surface area contributed by atoms with Crippen LogP contribution < -0.4 is 10.1 Å². The third kappa shape index (κ3) is 5.26. The van der Waals surface area contributed by atoms with E-state index in [4.69, 9.17) is 4.74 Å². The molecule has 1 aliphatic rings. The molecule has 26 heavy (non-hydrogen) atoms. The van der Waals surface area contributed by atoms with E-state index in [1.807, 2.05) is 24.5 Å². The van der Waals surface area contributed by atoms with E-state index in [1.165, 1.54) is 12.5 Å². The molecule has 138 valence electrons. The van der Waals surface area contributed by atoms with Gasteiger partial charge in [-0.1, -0.05) is 19.1 Å². The summed E-state index contributed by atoms with van der Waals surface area (Å²) >= 11 is 0. The van der Waals surface area contributed by atoms with E-state index in [0.717, 1.165) is 50.1 Å². The second-order valence-corrected chi connectivity index (χ2v) is 6.70. The number of hydrogen-bond acceptors (Lipinski definition) is 5.